The third-order valence-electron chi connectivity index (χ3n) is 9.56. The topological polar surface area (TPSA) is 180 Å². The molecule has 1 unspecified atom stereocenters. The Balaban J connectivity index is 1.70. The SMILES string of the molecule is COc1ccc(C(c2ccccc2)(c2ccccc2)[C@]2(O)[C@H](O)[C@@H](CO)O[C@@]2(O)C(Oc2ccccc2)C(=O)Nc2c[nH]c(C(C)=O)c2)c(OC)c1. The Hall–Kier alpha value is -5.50. The molecule has 0 radical (unpaired) electrons. The summed E-state index contributed by atoms with van der Waals surface area (Å²) in [6.07, 6.45) is -4.48. The molecule has 4 aromatic carbocycles. The molecule has 5 atom stereocenters. The van der Waals surface area contributed by atoms with Crippen molar-refractivity contribution < 1.29 is 49.0 Å². The lowest BCUT2D eigenvalue weighted by atomic mass is 9.54. The number of amides is 1. The Bertz CT molecular complexity index is 1970. The summed E-state index contributed by atoms with van der Waals surface area (Å²) in [4.78, 5) is 29.4. The molecule has 270 valence electrons. The third kappa shape index (κ3) is 5.90. The first-order valence-electron chi connectivity index (χ1n) is 16.5. The van der Waals surface area contributed by atoms with Gasteiger partial charge >= 0.3 is 0 Å². The number of para-hydroxylation sites is 1. The van der Waals surface area contributed by atoms with Gasteiger partial charge in [-0.15, -0.1) is 0 Å². The Morgan fingerprint density at radius 1 is 0.865 bits per heavy atom. The van der Waals surface area contributed by atoms with Crippen molar-refractivity contribution in [1.82, 2.24) is 4.98 Å². The number of Topliss-reactive ketones (excluding diaryl/α,β-unsaturated/α-hetero) is 1. The number of ether oxygens (including phenoxy) is 4. The zero-order chi connectivity index (χ0) is 37.1. The van der Waals surface area contributed by atoms with Gasteiger partial charge in [0.2, 0.25) is 11.9 Å². The first-order valence-corrected chi connectivity index (χ1v) is 16.5. The number of rotatable bonds is 13. The minimum absolute atomic E-state index is 0.106. The van der Waals surface area contributed by atoms with Crippen LogP contribution in [0.1, 0.15) is 34.1 Å². The van der Waals surface area contributed by atoms with E-state index in [2.05, 4.69) is 10.3 Å². The summed E-state index contributed by atoms with van der Waals surface area (Å²) in [7, 11) is 2.91. The standard InChI is InChI=1S/C40H40N2O10/c1-25(44)32-21-28(23-41-32)42-37(46)36(51-29-17-11-6-12-18-29)40(48)39(47,35(45)34(24-43)52-40)38(26-13-7-4-8-14-26,27-15-9-5-10-16-27)31-20-19-30(49-2)22-33(31)50-3/h4-23,34-36,41,43,45,47-48H,24H2,1-3H3,(H,42,46)/t34-,35-,36?,39-,40+/m1/s1. The van der Waals surface area contributed by atoms with E-state index in [0.29, 0.717) is 16.9 Å². The summed E-state index contributed by atoms with van der Waals surface area (Å²) in [5.74, 6) is -3.75. The Labute approximate surface area is 300 Å². The van der Waals surface area contributed by atoms with E-state index in [-0.39, 0.29) is 34.2 Å². The highest BCUT2D eigenvalue weighted by atomic mass is 16.7. The Kier molecular flexibility index (Phi) is 10.2. The van der Waals surface area contributed by atoms with Crippen LogP contribution in [0.3, 0.4) is 0 Å². The van der Waals surface area contributed by atoms with Crippen molar-refractivity contribution in [2.24, 2.45) is 0 Å². The van der Waals surface area contributed by atoms with Gasteiger partial charge in [-0.25, -0.2) is 0 Å². The first kappa shape index (κ1) is 36.3. The maximum absolute atomic E-state index is 14.5. The predicted molar refractivity (Wildman–Crippen MR) is 190 cm³/mol. The number of aromatic nitrogens is 1. The minimum Gasteiger partial charge on any atom is -0.497 e. The number of H-pyrrole nitrogens is 1. The molecule has 2 heterocycles. The maximum Gasteiger partial charge on any atom is 0.271 e. The van der Waals surface area contributed by atoms with Crippen molar-refractivity contribution in [2.45, 2.75) is 42.0 Å². The molecular formula is C40H40N2O10. The second kappa shape index (κ2) is 14.6. The molecule has 12 nitrogen and oxygen atoms in total. The molecule has 6 rings (SSSR count). The van der Waals surface area contributed by atoms with E-state index in [1.807, 2.05) is 0 Å². The third-order valence-corrected chi connectivity index (χ3v) is 9.56. The van der Waals surface area contributed by atoms with Gasteiger partial charge in [-0.05, 0) is 35.4 Å². The van der Waals surface area contributed by atoms with Gasteiger partial charge in [0.05, 0.1) is 37.6 Å². The molecule has 1 saturated heterocycles. The summed E-state index contributed by atoms with van der Waals surface area (Å²) in [6.45, 7) is 0.481. The number of methoxy groups -OCH3 is 2. The lowest BCUT2D eigenvalue weighted by molar-refractivity contribution is -0.309. The molecule has 1 aromatic heterocycles. The van der Waals surface area contributed by atoms with Gasteiger partial charge in [0, 0.05) is 24.8 Å². The number of ketones is 1. The van der Waals surface area contributed by atoms with Gasteiger partial charge < -0.3 is 49.7 Å². The van der Waals surface area contributed by atoms with Crippen LogP contribution in [-0.2, 0) is 14.9 Å². The number of benzene rings is 4. The zero-order valence-corrected chi connectivity index (χ0v) is 28.7. The van der Waals surface area contributed by atoms with Gasteiger partial charge in [0.25, 0.3) is 5.91 Å². The predicted octanol–water partition coefficient (Wildman–Crippen LogP) is 3.83. The molecule has 1 aliphatic rings. The van der Waals surface area contributed by atoms with Crippen LogP contribution in [0.4, 0.5) is 5.69 Å². The lowest BCUT2D eigenvalue weighted by Crippen LogP contribution is -2.74. The number of hydrogen-bond acceptors (Lipinski definition) is 10. The van der Waals surface area contributed by atoms with Crippen molar-refractivity contribution in [2.75, 3.05) is 26.1 Å². The van der Waals surface area contributed by atoms with Crippen molar-refractivity contribution in [1.29, 1.82) is 0 Å². The average molecular weight is 709 g/mol. The molecule has 1 fully saturated rings. The monoisotopic (exact) mass is 708 g/mol. The Morgan fingerprint density at radius 3 is 1.98 bits per heavy atom. The molecule has 0 bridgehead atoms. The summed E-state index contributed by atoms with van der Waals surface area (Å²) >= 11 is 0. The van der Waals surface area contributed by atoms with Gasteiger partial charge in [-0.3, -0.25) is 9.59 Å². The highest BCUT2D eigenvalue weighted by Crippen LogP contribution is 2.60. The van der Waals surface area contributed by atoms with Gasteiger partial charge in [-0.1, -0.05) is 84.9 Å². The fourth-order valence-electron chi connectivity index (χ4n) is 7.19. The summed E-state index contributed by atoms with van der Waals surface area (Å²) in [6, 6.07) is 31.6. The van der Waals surface area contributed by atoms with E-state index in [4.69, 9.17) is 18.9 Å². The van der Waals surface area contributed by atoms with E-state index in [1.54, 1.807) is 97.1 Å². The number of aromatic amines is 1. The van der Waals surface area contributed by atoms with Crippen LogP contribution in [0.25, 0.3) is 0 Å². The maximum atomic E-state index is 14.5. The molecule has 1 aliphatic heterocycles. The second-order valence-corrected chi connectivity index (χ2v) is 12.5. The van der Waals surface area contributed by atoms with Gasteiger partial charge in [-0.2, -0.15) is 0 Å². The molecule has 52 heavy (non-hydrogen) atoms. The average Bonchev–Trinajstić information content (AvgIpc) is 3.73. The van der Waals surface area contributed by atoms with Crippen LogP contribution in [0.5, 0.6) is 17.2 Å². The second-order valence-electron chi connectivity index (χ2n) is 12.5. The van der Waals surface area contributed by atoms with Crippen LogP contribution in [0.15, 0.2) is 121 Å². The quantitative estimate of drug-likeness (QED) is 0.0778. The Morgan fingerprint density at radius 2 is 1.46 bits per heavy atom. The molecule has 0 saturated carbocycles. The van der Waals surface area contributed by atoms with E-state index in [0.717, 1.165) is 0 Å². The normalized spacial score (nSPS) is 22.0. The van der Waals surface area contributed by atoms with Crippen LogP contribution >= 0.6 is 0 Å². The molecule has 5 aromatic rings. The zero-order valence-electron chi connectivity index (χ0n) is 28.7. The lowest BCUT2D eigenvalue weighted by Gasteiger charge is -2.53. The summed E-state index contributed by atoms with van der Waals surface area (Å²) in [5.41, 5.74) is -3.72. The molecule has 0 spiro atoms. The number of anilines is 1. The smallest absolute Gasteiger partial charge is 0.271 e. The van der Waals surface area contributed by atoms with Gasteiger partial charge in [0.15, 0.2) is 11.4 Å². The van der Waals surface area contributed by atoms with E-state index < -0.39 is 47.6 Å². The van der Waals surface area contributed by atoms with Crippen molar-refractivity contribution in [3.05, 3.63) is 144 Å². The van der Waals surface area contributed by atoms with E-state index >= 15 is 0 Å². The molecule has 12 heteroatoms. The number of hydrogen-bond donors (Lipinski definition) is 6. The highest BCUT2D eigenvalue weighted by molar-refractivity contribution is 5.98. The van der Waals surface area contributed by atoms with Crippen LogP contribution in [0, 0.1) is 0 Å². The number of aliphatic hydroxyl groups is 4. The number of carbonyl (C=O) groups is 2. The highest BCUT2D eigenvalue weighted by Gasteiger charge is 2.78. The fourth-order valence-corrected chi connectivity index (χ4v) is 7.19. The summed E-state index contributed by atoms with van der Waals surface area (Å²) < 4.78 is 23.8. The molecule has 6 N–H and O–H groups in total. The van der Waals surface area contributed by atoms with Crippen LogP contribution in [-0.4, -0.2) is 87.6 Å². The van der Waals surface area contributed by atoms with E-state index in [1.165, 1.54) is 45.5 Å². The first-order chi connectivity index (χ1) is 25.0. The van der Waals surface area contributed by atoms with Crippen molar-refractivity contribution >= 4 is 17.4 Å². The number of carbonyl (C=O) groups excluding carboxylic acids is 2. The molecule has 0 aliphatic carbocycles. The van der Waals surface area contributed by atoms with Crippen LogP contribution < -0.4 is 19.5 Å². The molecule has 1 amide bonds. The largest absolute Gasteiger partial charge is 0.497 e. The van der Waals surface area contributed by atoms with E-state index in [9.17, 15) is 30.0 Å². The summed E-state index contributed by atoms with van der Waals surface area (Å²) in [5, 5.41) is 52.7. The van der Waals surface area contributed by atoms with Crippen molar-refractivity contribution in [3.8, 4) is 17.2 Å². The minimum atomic E-state index is -3.16. The van der Waals surface area contributed by atoms with Gasteiger partial charge in [0.1, 0.15) is 29.5 Å². The number of aliphatic hydroxyl groups excluding tert-OH is 2. The van der Waals surface area contributed by atoms with Crippen LogP contribution in [0.2, 0.25) is 0 Å². The number of nitrogens with one attached hydrogen (secondary N) is 2. The molecular weight excluding hydrogens is 668 g/mol. The fraction of sp³-hybridized carbons (Fsp3) is 0.250. The van der Waals surface area contributed by atoms with Crippen molar-refractivity contribution in [3.63, 3.8) is 0 Å².